The second-order valence-electron chi connectivity index (χ2n) is 1.38. The van der Waals surface area contributed by atoms with Gasteiger partial charge in [0, 0.05) is 0 Å². The first-order valence-electron chi connectivity index (χ1n) is 2.36. The Labute approximate surface area is 63.3 Å². The van der Waals surface area contributed by atoms with Gasteiger partial charge in [-0.05, 0) is 6.08 Å². The number of hydrogen-bond donors (Lipinski definition) is 1. The molecule has 0 saturated heterocycles. The van der Waals surface area contributed by atoms with Crippen molar-refractivity contribution in [2.24, 2.45) is 4.99 Å². The van der Waals surface area contributed by atoms with E-state index in [1.165, 1.54) is 0 Å². The lowest BCUT2D eigenvalue weighted by Crippen LogP contribution is -2.08. The fourth-order valence-corrected chi connectivity index (χ4v) is 0.403. The first-order chi connectivity index (χ1) is 4.57. The molecule has 0 aromatic rings. The Morgan fingerprint density at radius 1 is 1.70 bits per heavy atom. The van der Waals surface area contributed by atoms with E-state index in [0.717, 1.165) is 6.08 Å². The molecule has 3 nitrogen and oxygen atoms in total. The number of nitrogens with zero attached hydrogens (tertiary/aromatic N) is 1. The molecule has 0 aromatic heterocycles. The first kappa shape index (κ1) is 8.91. The summed E-state index contributed by atoms with van der Waals surface area (Å²) in [6.07, 6.45) is 1.09. The summed E-state index contributed by atoms with van der Waals surface area (Å²) in [6, 6.07) is 0. The van der Waals surface area contributed by atoms with Crippen LogP contribution in [0, 0.1) is 0 Å². The maximum absolute atomic E-state index is 10.2. The highest BCUT2D eigenvalue weighted by Crippen LogP contribution is 1.98. The monoisotopic (exact) mass is 159 g/mol. The molecule has 54 valence electrons. The highest BCUT2D eigenvalue weighted by atomic mass is 35.5. The zero-order valence-electron chi connectivity index (χ0n) is 5.17. The summed E-state index contributed by atoms with van der Waals surface area (Å²) in [7, 11) is 0. The SMILES string of the molecule is C=C/C(=N\C(=C)Cl)C(=O)O. The second-order valence-corrected chi connectivity index (χ2v) is 1.82. The van der Waals surface area contributed by atoms with Crippen molar-refractivity contribution in [1.82, 2.24) is 0 Å². The minimum Gasteiger partial charge on any atom is -0.477 e. The van der Waals surface area contributed by atoms with Crippen molar-refractivity contribution >= 4 is 23.3 Å². The van der Waals surface area contributed by atoms with Crippen LogP contribution in [0.4, 0.5) is 0 Å². The zero-order valence-corrected chi connectivity index (χ0v) is 5.93. The van der Waals surface area contributed by atoms with E-state index in [0.29, 0.717) is 0 Å². The molecule has 0 atom stereocenters. The molecule has 0 unspecified atom stereocenters. The van der Waals surface area contributed by atoms with Crippen molar-refractivity contribution in [3.8, 4) is 0 Å². The normalized spacial score (nSPS) is 10.7. The number of rotatable bonds is 3. The molecule has 0 amide bonds. The molecule has 10 heavy (non-hydrogen) atoms. The zero-order chi connectivity index (χ0) is 8.15. The topological polar surface area (TPSA) is 49.7 Å². The lowest BCUT2D eigenvalue weighted by atomic mass is 10.4. The molecule has 0 saturated carbocycles. The quantitative estimate of drug-likeness (QED) is 0.500. The van der Waals surface area contributed by atoms with Crippen LogP contribution in [0.5, 0.6) is 0 Å². The van der Waals surface area contributed by atoms with E-state index in [9.17, 15) is 4.79 Å². The summed E-state index contributed by atoms with van der Waals surface area (Å²) in [5, 5.41) is 8.25. The van der Waals surface area contributed by atoms with E-state index < -0.39 is 5.97 Å². The highest BCUT2D eigenvalue weighted by Gasteiger charge is 2.02. The number of aliphatic carboxylic acids is 1. The molecule has 0 radical (unpaired) electrons. The van der Waals surface area contributed by atoms with Crippen LogP contribution in [0.2, 0.25) is 0 Å². The second kappa shape index (κ2) is 3.85. The summed E-state index contributed by atoms with van der Waals surface area (Å²) >= 11 is 5.20. The maximum atomic E-state index is 10.2. The van der Waals surface area contributed by atoms with Crippen molar-refractivity contribution in [1.29, 1.82) is 0 Å². The summed E-state index contributed by atoms with van der Waals surface area (Å²) in [5.74, 6) is -1.17. The molecule has 0 aromatic carbocycles. The fraction of sp³-hybridized carbons (Fsp3) is 0. The number of carboxylic acids is 1. The van der Waals surface area contributed by atoms with Crippen molar-refractivity contribution in [3.05, 3.63) is 24.4 Å². The Morgan fingerprint density at radius 2 is 2.20 bits per heavy atom. The summed E-state index contributed by atoms with van der Waals surface area (Å²) in [4.78, 5) is 13.5. The number of carboxylic acid groups (broad SMARTS) is 1. The molecule has 0 fully saturated rings. The number of carbonyl (C=O) groups is 1. The van der Waals surface area contributed by atoms with Crippen LogP contribution < -0.4 is 0 Å². The molecule has 0 aliphatic carbocycles. The molecule has 0 rings (SSSR count). The smallest absolute Gasteiger partial charge is 0.354 e. The minimum atomic E-state index is -1.17. The molecule has 0 bridgehead atoms. The lowest BCUT2D eigenvalue weighted by molar-refractivity contribution is -0.129. The van der Waals surface area contributed by atoms with Crippen LogP contribution in [-0.4, -0.2) is 16.8 Å². The molecule has 0 spiro atoms. The Bertz CT molecular complexity index is 208. The maximum Gasteiger partial charge on any atom is 0.354 e. The summed E-state index contributed by atoms with van der Waals surface area (Å²) in [5.41, 5.74) is -0.208. The van der Waals surface area contributed by atoms with Crippen molar-refractivity contribution < 1.29 is 9.90 Å². The largest absolute Gasteiger partial charge is 0.477 e. The predicted molar refractivity (Wildman–Crippen MR) is 40.3 cm³/mol. The summed E-state index contributed by atoms with van der Waals surface area (Å²) in [6.45, 7) is 6.42. The minimum absolute atomic E-state index is 0.0719. The standard InChI is InChI=1S/C6H6ClNO2/c1-3-5(6(9)10)8-4(2)7/h3H,1-2H2,(H,9,10)/b8-5+. The molecule has 4 heteroatoms. The summed E-state index contributed by atoms with van der Waals surface area (Å²) < 4.78 is 0. The number of halogens is 1. The number of aliphatic imine (C=N–C) groups is 1. The molecule has 0 heterocycles. The third kappa shape index (κ3) is 3.04. The van der Waals surface area contributed by atoms with Crippen LogP contribution >= 0.6 is 11.6 Å². The van der Waals surface area contributed by atoms with Crippen LogP contribution in [-0.2, 0) is 4.79 Å². The fourth-order valence-electron chi connectivity index (χ4n) is 0.311. The van der Waals surface area contributed by atoms with Gasteiger partial charge in [0.05, 0.1) is 0 Å². The third-order valence-corrected chi connectivity index (χ3v) is 0.739. The van der Waals surface area contributed by atoms with E-state index in [4.69, 9.17) is 16.7 Å². The lowest BCUT2D eigenvalue weighted by Gasteiger charge is -1.89. The van der Waals surface area contributed by atoms with Crippen LogP contribution in [0.15, 0.2) is 29.4 Å². The Hall–Kier alpha value is -1.09. The molecular weight excluding hydrogens is 154 g/mol. The van der Waals surface area contributed by atoms with Gasteiger partial charge in [-0.15, -0.1) is 0 Å². The Kier molecular flexibility index (Phi) is 3.43. The first-order valence-corrected chi connectivity index (χ1v) is 2.74. The molecule has 0 aliphatic heterocycles. The highest BCUT2D eigenvalue weighted by molar-refractivity contribution is 6.42. The third-order valence-electron chi connectivity index (χ3n) is 0.654. The van der Waals surface area contributed by atoms with Gasteiger partial charge in [0.2, 0.25) is 0 Å². The molecule has 1 N–H and O–H groups in total. The van der Waals surface area contributed by atoms with Gasteiger partial charge in [-0.1, -0.05) is 24.8 Å². The number of hydrogen-bond acceptors (Lipinski definition) is 2. The van der Waals surface area contributed by atoms with Gasteiger partial charge in [0.25, 0.3) is 0 Å². The van der Waals surface area contributed by atoms with Gasteiger partial charge >= 0.3 is 5.97 Å². The van der Waals surface area contributed by atoms with E-state index in [-0.39, 0.29) is 10.9 Å². The van der Waals surface area contributed by atoms with Crippen molar-refractivity contribution in [2.75, 3.05) is 0 Å². The predicted octanol–water partition coefficient (Wildman–Crippen LogP) is 1.41. The van der Waals surface area contributed by atoms with Crippen molar-refractivity contribution in [3.63, 3.8) is 0 Å². The average molecular weight is 160 g/mol. The Balaban J connectivity index is 4.49. The van der Waals surface area contributed by atoms with E-state index in [2.05, 4.69) is 18.2 Å². The molecule has 0 aliphatic rings. The van der Waals surface area contributed by atoms with E-state index in [1.807, 2.05) is 0 Å². The van der Waals surface area contributed by atoms with Crippen LogP contribution in [0.25, 0.3) is 0 Å². The van der Waals surface area contributed by atoms with Crippen LogP contribution in [0.1, 0.15) is 0 Å². The van der Waals surface area contributed by atoms with Gasteiger partial charge in [0.15, 0.2) is 0 Å². The average Bonchev–Trinajstić information content (AvgIpc) is 1.81. The van der Waals surface area contributed by atoms with Gasteiger partial charge in [0.1, 0.15) is 10.9 Å². The van der Waals surface area contributed by atoms with E-state index in [1.54, 1.807) is 0 Å². The van der Waals surface area contributed by atoms with Crippen LogP contribution in [0.3, 0.4) is 0 Å². The van der Waals surface area contributed by atoms with Gasteiger partial charge in [-0.2, -0.15) is 0 Å². The van der Waals surface area contributed by atoms with Gasteiger partial charge < -0.3 is 5.11 Å². The Morgan fingerprint density at radius 3 is 2.30 bits per heavy atom. The van der Waals surface area contributed by atoms with Crippen molar-refractivity contribution in [2.45, 2.75) is 0 Å². The van der Waals surface area contributed by atoms with E-state index >= 15 is 0 Å². The van der Waals surface area contributed by atoms with Gasteiger partial charge in [-0.25, -0.2) is 9.79 Å². The molecular formula is C6H6ClNO2. The van der Waals surface area contributed by atoms with Gasteiger partial charge in [-0.3, -0.25) is 0 Å².